The van der Waals surface area contributed by atoms with Crippen molar-refractivity contribution in [3.8, 4) is 0 Å². The predicted octanol–water partition coefficient (Wildman–Crippen LogP) is 2.64. The molecule has 6 rings (SSSR count). The monoisotopic (exact) mass is 399 g/mol. The molecular weight excluding hydrogens is 382 g/mol. The second kappa shape index (κ2) is 5.62. The molecule has 0 bridgehead atoms. The van der Waals surface area contributed by atoms with Crippen LogP contribution in [0, 0.1) is 0 Å². The van der Waals surface area contributed by atoms with Crippen molar-refractivity contribution >= 4 is 29.8 Å². The normalized spacial score (nSPS) is 24.5. The average Bonchev–Trinajstić information content (AvgIpc) is 3.46. The van der Waals surface area contributed by atoms with Crippen LogP contribution in [0.4, 0.5) is 11.6 Å². The highest BCUT2D eigenvalue weighted by Gasteiger charge is 2.46. The number of nitrogens with zero attached hydrogens (tertiary/aromatic N) is 7. The third-order valence-corrected chi connectivity index (χ3v) is 5.98. The molecule has 3 aliphatic heterocycles. The molecule has 1 aromatic heterocycles. The second-order valence-corrected chi connectivity index (χ2v) is 7.92. The van der Waals surface area contributed by atoms with Gasteiger partial charge in [-0.05, 0) is 36.9 Å². The zero-order valence-corrected chi connectivity index (χ0v) is 15.7. The first-order valence-corrected chi connectivity index (χ1v) is 9.67. The maximum atomic E-state index is 10.8. The largest absolute Gasteiger partial charge is 0.380 e. The number of anilines is 2. The summed E-state index contributed by atoms with van der Waals surface area (Å²) >= 11 is 6.29. The van der Waals surface area contributed by atoms with Crippen molar-refractivity contribution in [1.29, 1.82) is 0 Å². The fourth-order valence-corrected chi connectivity index (χ4v) is 4.60. The fraction of sp³-hybridized carbons (Fsp3) is 0.389. The molecule has 0 saturated heterocycles. The maximum absolute atomic E-state index is 10.8. The van der Waals surface area contributed by atoms with E-state index in [-0.39, 0.29) is 12.1 Å². The lowest BCUT2D eigenvalue weighted by molar-refractivity contribution is 0.0112. The standard InChI is InChI=1S/C18H18ClN7O2/c19-23-9-14-24(11-23)13-6-2-1-5-12(13)15-20-10-25(26(14)15)17-21-16(28-22-17)18(27)7-3-4-8-18/h1-2,5-6,9-10,15,27H,3-4,7-8,11H2. The van der Waals surface area contributed by atoms with Crippen molar-refractivity contribution in [2.45, 2.75) is 37.5 Å². The van der Waals surface area contributed by atoms with Crippen LogP contribution in [0.1, 0.15) is 43.3 Å². The molecule has 1 fully saturated rings. The Balaban J connectivity index is 1.41. The topological polar surface area (TPSA) is 84.5 Å². The zero-order valence-electron chi connectivity index (χ0n) is 14.9. The Bertz CT molecular complexity index is 999. The Morgan fingerprint density at radius 1 is 1.21 bits per heavy atom. The van der Waals surface area contributed by atoms with Crippen molar-refractivity contribution in [3.05, 3.63) is 47.7 Å². The third kappa shape index (κ3) is 2.14. The summed E-state index contributed by atoms with van der Waals surface area (Å²) in [4.78, 5) is 11.3. The minimum Gasteiger partial charge on any atom is -0.380 e. The van der Waals surface area contributed by atoms with Crippen LogP contribution in [0.3, 0.4) is 0 Å². The van der Waals surface area contributed by atoms with E-state index in [0.717, 1.165) is 29.9 Å². The van der Waals surface area contributed by atoms with E-state index in [1.165, 1.54) is 0 Å². The minimum atomic E-state index is -1.03. The number of hydrogen-bond acceptors (Lipinski definition) is 9. The summed E-state index contributed by atoms with van der Waals surface area (Å²) in [6.07, 6.45) is 6.51. The molecule has 1 unspecified atom stereocenters. The lowest BCUT2D eigenvalue weighted by atomic mass is 10.0. The lowest BCUT2D eigenvalue weighted by Gasteiger charge is -2.41. The number of benzene rings is 1. The number of aliphatic imine (C=N–C) groups is 1. The van der Waals surface area contributed by atoms with Crippen molar-refractivity contribution in [3.63, 3.8) is 0 Å². The van der Waals surface area contributed by atoms with Gasteiger partial charge < -0.3 is 14.5 Å². The molecule has 4 aliphatic rings. The van der Waals surface area contributed by atoms with E-state index < -0.39 is 5.60 Å². The molecule has 1 aliphatic carbocycles. The van der Waals surface area contributed by atoms with Gasteiger partial charge in [-0.2, -0.15) is 4.98 Å². The number of halogens is 1. The summed E-state index contributed by atoms with van der Waals surface area (Å²) in [6, 6.07) is 8.13. The van der Waals surface area contributed by atoms with Crippen molar-refractivity contribution in [2.75, 3.05) is 16.6 Å². The van der Waals surface area contributed by atoms with Gasteiger partial charge in [0.25, 0.3) is 11.8 Å². The van der Waals surface area contributed by atoms with E-state index in [4.69, 9.17) is 16.3 Å². The van der Waals surface area contributed by atoms with Gasteiger partial charge in [0.15, 0.2) is 6.17 Å². The second-order valence-electron chi connectivity index (χ2n) is 7.48. The van der Waals surface area contributed by atoms with Crippen LogP contribution < -0.4 is 9.91 Å². The summed E-state index contributed by atoms with van der Waals surface area (Å²) < 4.78 is 7.04. The van der Waals surface area contributed by atoms with Gasteiger partial charge in [-0.25, -0.2) is 15.0 Å². The first-order valence-electron chi connectivity index (χ1n) is 9.33. The molecule has 1 aromatic carbocycles. The smallest absolute Gasteiger partial charge is 0.290 e. The lowest BCUT2D eigenvalue weighted by Crippen LogP contribution is -2.47. The molecule has 1 atom stereocenters. The number of aromatic nitrogens is 2. The average molecular weight is 400 g/mol. The molecular formula is C18H18ClN7O2. The van der Waals surface area contributed by atoms with Crippen LogP contribution in [0.5, 0.6) is 0 Å². The van der Waals surface area contributed by atoms with E-state index in [2.05, 4.69) is 32.2 Å². The highest BCUT2D eigenvalue weighted by molar-refractivity contribution is 6.14. The van der Waals surface area contributed by atoms with Crippen molar-refractivity contribution in [2.24, 2.45) is 4.99 Å². The Morgan fingerprint density at radius 2 is 2.04 bits per heavy atom. The summed E-state index contributed by atoms with van der Waals surface area (Å²) in [7, 11) is 0. The quantitative estimate of drug-likeness (QED) is 0.771. The van der Waals surface area contributed by atoms with Crippen LogP contribution in [0.25, 0.3) is 0 Å². The number of fused-ring (bicyclic) bond motifs is 6. The molecule has 28 heavy (non-hydrogen) atoms. The SMILES string of the molecule is OC1(c2nc(N3C=NC4c5ccccc5N5CN(Cl)C=C5N43)no2)CCCC1. The van der Waals surface area contributed by atoms with Gasteiger partial charge in [0, 0.05) is 17.3 Å². The molecule has 1 saturated carbocycles. The van der Waals surface area contributed by atoms with E-state index in [1.54, 1.807) is 15.8 Å². The van der Waals surface area contributed by atoms with Gasteiger partial charge in [0.1, 0.15) is 24.4 Å². The number of rotatable bonds is 2. The van der Waals surface area contributed by atoms with Crippen LogP contribution in [0.15, 0.2) is 45.8 Å². The molecule has 9 nitrogen and oxygen atoms in total. The van der Waals surface area contributed by atoms with Crippen LogP contribution in [-0.4, -0.2) is 37.7 Å². The van der Waals surface area contributed by atoms with Gasteiger partial charge in [-0.1, -0.05) is 18.2 Å². The molecule has 10 heteroatoms. The first kappa shape index (κ1) is 16.2. The molecule has 1 N–H and O–H groups in total. The Morgan fingerprint density at radius 3 is 2.89 bits per heavy atom. The Hall–Kier alpha value is -2.78. The number of para-hydroxylation sites is 1. The Labute approximate surface area is 166 Å². The van der Waals surface area contributed by atoms with E-state index >= 15 is 0 Å². The van der Waals surface area contributed by atoms with Crippen molar-refractivity contribution in [1.82, 2.24) is 19.6 Å². The number of hydrazine groups is 1. The van der Waals surface area contributed by atoms with Gasteiger partial charge in [0.05, 0.1) is 11.9 Å². The number of hydrogen-bond donors (Lipinski definition) is 1. The summed E-state index contributed by atoms with van der Waals surface area (Å²) in [5, 5.41) is 18.6. The molecule has 144 valence electrons. The van der Waals surface area contributed by atoms with Crippen molar-refractivity contribution < 1.29 is 9.63 Å². The summed E-state index contributed by atoms with van der Waals surface area (Å²) in [5.74, 6) is 1.49. The molecule has 0 radical (unpaired) electrons. The van der Waals surface area contributed by atoms with E-state index in [0.29, 0.717) is 25.5 Å². The molecule has 0 spiro atoms. The van der Waals surface area contributed by atoms with Gasteiger partial charge in [0.2, 0.25) is 0 Å². The van der Waals surface area contributed by atoms with Gasteiger partial charge in [-0.3, -0.25) is 4.42 Å². The van der Waals surface area contributed by atoms with Crippen LogP contribution in [-0.2, 0) is 5.60 Å². The zero-order chi connectivity index (χ0) is 18.9. The fourth-order valence-electron chi connectivity index (χ4n) is 4.41. The Kier molecular flexibility index (Phi) is 3.25. The summed E-state index contributed by atoms with van der Waals surface area (Å²) in [6.45, 7) is 0.530. The van der Waals surface area contributed by atoms with E-state index in [9.17, 15) is 5.11 Å². The van der Waals surface area contributed by atoms with Crippen LogP contribution >= 0.6 is 11.8 Å². The highest BCUT2D eigenvalue weighted by Crippen LogP contribution is 2.47. The molecule has 2 aromatic rings. The summed E-state index contributed by atoms with van der Waals surface area (Å²) in [5.41, 5.74) is 1.12. The maximum Gasteiger partial charge on any atom is 0.290 e. The van der Waals surface area contributed by atoms with Crippen LogP contribution in [0.2, 0.25) is 0 Å². The van der Waals surface area contributed by atoms with Gasteiger partial charge in [-0.15, -0.1) is 0 Å². The highest BCUT2D eigenvalue weighted by atomic mass is 35.5. The molecule has 4 heterocycles. The first-order chi connectivity index (χ1) is 13.6. The third-order valence-electron chi connectivity index (χ3n) is 5.78. The van der Waals surface area contributed by atoms with E-state index in [1.807, 2.05) is 23.3 Å². The minimum absolute atomic E-state index is 0.238. The molecule has 0 amide bonds. The predicted molar refractivity (Wildman–Crippen MR) is 102 cm³/mol. The van der Waals surface area contributed by atoms with Gasteiger partial charge >= 0.3 is 0 Å². The number of aliphatic hydroxyl groups is 1.